The van der Waals surface area contributed by atoms with Crippen molar-refractivity contribution in [3.05, 3.63) is 230 Å². The summed E-state index contributed by atoms with van der Waals surface area (Å²) >= 11 is 3.75. The molecule has 2 aromatic heterocycles. The zero-order valence-corrected chi connectivity index (χ0v) is 39.6. The van der Waals surface area contributed by atoms with Gasteiger partial charge in [-0.15, -0.1) is 22.7 Å². The highest BCUT2D eigenvalue weighted by atomic mass is 32.1. The Bertz CT molecular complexity index is 3890. The van der Waals surface area contributed by atoms with E-state index in [1.165, 1.54) is 84.9 Å². The van der Waals surface area contributed by atoms with Crippen LogP contribution in [0, 0.1) is 13.8 Å². The van der Waals surface area contributed by atoms with Crippen molar-refractivity contribution in [3.8, 4) is 11.5 Å². The molecule has 0 unspecified atom stereocenters. The molecule has 0 radical (unpaired) electrons. The summed E-state index contributed by atoms with van der Waals surface area (Å²) < 4.78 is 12.1. The van der Waals surface area contributed by atoms with Gasteiger partial charge in [0, 0.05) is 85.8 Å². The third-order valence-electron chi connectivity index (χ3n) is 14.1. The van der Waals surface area contributed by atoms with Crippen LogP contribution in [0.25, 0.3) is 40.3 Å². The van der Waals surface area contributed by atoms with Crippen molar-refractivity contribution < 1.29 is 4.74 Å². The van der Waals surface area contributed by atoms with Crippen molar-refractivity contribution in [1.82, 2.24) is 0 Å². The summed E-state index contributed by atoms with van der Waals surface area (Å²) in [4.78, 5) is 7.22. The van der Waals surface area contributed by atoms with Gasteiger partial charge in [0.2, 0.25) is 0 Å². The number of ether oxygens (including phenoxy) is 1. The van der Waals surface area contributed by atoms with Crippen LogP contribution >= 0.6 is 22.7 Å². The Morgan fingerprint density at radius 1 is 0.377 bits per heavy atom. The molecule has 0 atom stereocenters. The number of rotatable bonds is 7. The minimum Gasteiger partial charge on any atom is -0.458 e. The Morgan fingerprint density at radius 3 is 1.36 bits per heavy atom. The van der Waals surface area contributed by atoms with Gasteiger partial charge in [-0.3, -0.25) is 0 Å². The second-order valence-corrected chi connectivity index (χ2v) is 20.3. The highest BCUT2D eigenvalue weighted by molar-refractivity contribution is 7.26. The number of thiophene rings is 2. The van der Waals surface area contributed by atoms with Gasteiger partial charge in [-0.05, 0) is 151 Å². The average molecular weight is 920 g/mol. The maximum atomic E-state index is 7.10. The molecule has 0 N–H and O–H groups in total. The molecule has 4 heterocycles. The zero-order chi connectivity index (χ0) is 45.7. The van der Waals surface area contributed by atoms with Gasteiger partial charge in [-0.2, -0.15) is 0 Å². The summed E-state index contributed by atoms with van der Waals surface area (Å²) in [5.74, 6) is 1.84. The normalized spacial score (nSPS) is 12.6. The number of para-hydroxylation sites is 5. The number of hydrogen-bond donors (Lipinski definition) is 0. The van der Waals surface area contributed by atoms with Crippen molar-refractivity contribution in [1.29, 1.82) is 0 Å². The molecule has 0 saturated heterocycles. The molecule has 0 amide bonds. The molecule has 326 valence electrons. The molecular weight excluding hydrogens is 878 g/mol. The van der Waals surface area contributed by atoms with Crippen molar-refractivity contribution in [2.75, 3.05) is 14.7 Å². The molecule has 0 fully saturated rings. The van der Waals surface area contributed by atoms with Crippen molar-refractivity contribution in [2.45, 2.75) is 13.8 Å². The molecule has 0 aliphatic carbocycles. The van der Waals surface area contributed by atoms with Gasteiger partial charge >= 0.3 is 0 Å². The first-order valence-electron chi connectivity index (χ1n) is 23.5. The standard InChI is InChI=1S/C62H42BN3OS2/c1-39-17-15-18-40(2)62(39)66-53-27-16-28-55-61(53)63(51-37-59-49(35-54(51)66)47-31-29-45(33-57(47)68-59)64(41-19-7-3-8-20-41)42-21-9-4-10-22-42)52-38-60-50(36-56(52)67-55)48-32-30-46(34-58(48)69-60)65(43-23-11-5-12-24-43)44-25-13-6-14-26-44/h3-38H,1-2H3. The lowest BCUT2D eigenvalue weighted by atomic mass is 9.34. The van der Waals surface area contributed by atoms with Crippen molar-refractivity contribution in [2.24, 2.45) is 0 Å². The summed E-state index contributed by atoms with van der Waals surface area (Å²) in [6.45, 7) is 4.44. The number of aryl methyl sites for hydroxylation is 2. The van der Waals surface area contributed by atoms with Crippen molar-refractivity contribution >= 4 is 137 Å². The van der Waals surface area contributed by atoms with E-state index in [2.05, 4.69) is 247 Å². The minimum atomic E-state index is -0.0378. The van der Waals surface area contributed by atoms with E-state index in [1.807, 2.05) is 22.7 Å². The van der Waals surface area contributed by atoms with E-state index in [-0.39, 0.29) is 6.71 Å². The lowest BCUT2D eigenvalue weighted by Gasteiger charge is -2.41. The number of fused-ring (bicyclic) bond motifs is 10. The lowest BCUT2D eigenvalue weighted by Crippen LogP contribution is -2.59. The first-order valence-corrected chi connectivity index (χ1v) is 25.2. The Labute approximate surface area is 409 Å². The van der Waals surface area contributed by atoms with Gasteiger partial charge in [0.25, 0.3) is 6.71 Å². The van der Waals surface area contributed by atoms with E-state index in [1.54, 1.807) is 0 Å². The molecule has 2 aliphatic rings. The van der Waals surface area contributed by atoms with E-state index < -0.39 is 0 Å². The summed E-state index contributed by atoms with van der Waals surface area (Å²) in [6.07, 6.45) is 0. The molecule has 2 aliphatic heterocycles. The molecule has 10 aromatic carbocycles. The van der Waals surface area contributed by atoms with Gasteiger partial charge < -0.3 is 19.4 Å². The van der Waals surface area contributed by atoms with Crippen LogP contribution in [0.15, 0.2) is 218 Å². The van der Waals surface area contributed by atoms with Crippen LogP contribution in [-0.2, 0) is 0 Å². The van der Waals surface area contributed by atoms with E-state index in [4.69, 9.17) is 4.74 Å². The van der Waals surface area contributed by atoms with Gasteiger partial charge in [-0.25, -0.2) is 0 Å². The predicted octanol–water partition coefficient (Wildman–Crippen LogP) is 16.4. The largest absolute Gasteiger partial charge is 0.458 e. The predicted molar refractivity (Wildman–Crippen MR) is 297 cm³/mol. The van der Waals surface area contributed by atoms with Crippen LogP contribution in [0.5, 0.6) is 11.5 Å². The Morgan fingerprint density at radius 2 is 0.841 bits per heavy atom. The van der Waals surface area contributed by atoms with Gasteiger partial charge in [-0.1, -0.05) is 109 Å². The SMILES string of the molecule is Cc1cccc(C)c1N1c2cc3c(cc2B2c4cc5sc6cc(N(c7ccccc7)c7ccccc7)ccc6c5cc4Oc4cccc1c42)sc1cc(N(c2ccccc2)c2ccccc2)ccc13. The van der Waals surface area contributed by atoms with E-state index in [0.717, 1.165) is 45.6 Å². The van der Waals surface area contributed by atoms with Crippen LogP contribution in [0.4, 0.5) is 51.2 Å². The smallest absolute Gasteiger partial charge is 0.256 e. The monoisotopic (exact) mass is 919 g/mol. The maximum Gasteiger partial charge on any atom is 0.256 e. The van der Waals surface area contributed by atoms with E-state index in [9.17, 15) is 0 Å². The molecule has 0 saturated carbocycles. The fourth-order valence-corrected chi connectivity index (χ4v) is 13.4. The molecule has 4 nitrogen and oxygen atoms in total. The second-order valence-electron chi connectivity index (χ2n) is 18.2. The second kappa shape index (κ2) is 15.7. The average Bonchev–Trinajstić information content (AvgIpc) is 3.93. The van der Waals surface area contributed by atoms with E-state index in [0.29, 0.717) is 0 Å². The minimum absolute atomic E-state index is 0.0378. The van der Waals surface area contributed by atoms with Crippen LogP contribution in [0.3, 0.4) is 0 Å². The van der Waals surface area contributed by atoms with Gasteiger partial charge in [0.15, 0.2) is 0 Å². The van der Waals surface area contributed by atoms with Crippen LogP contribution in [0.1, 0.15) is 11.1 Å². The summed E-state index contributed by atoms with van der Waals surface area (Å²) in [6, 6.07) is 79.6. The number of anilines is 9. The first kappa shape index (κ1) is 40.0. The van der Waals surface area contributed by atoms with E-state index >= 15 is 0 Å². The highest BCUT2D eigenvalue weighted by Gasteiger charge is 2.43. The Kier molecular flexibility index (Phi) is 9.13. The molecule has 14 rings (SSSR count). The topological polar surface area (TPSA) is 19.0 Å². The van der Waals surface area contributed by atoms with Crippen molar-refractivity contribution in [3.63, 3.8) is 0 Å². The molecule has 12 aromatic rings. The Balaban J connectivity index is 0.963. The molecule has 0 bridgehead atoms. The summed E-state index contributed by atoms with van der Waals surface area (Å²) in [5.41, 5.74) is 16.6. The summed E-state index contributed by atoms with van der Waals surface area (Å²) in [5, 5.41) is 4.99. The molecule has 69 heavy (non-hydrogen) atoms. The van der Waals surface area contributed by atoms with Crippen LogP contribution in [-0.4, -0.2) is 6.71 Å². The third kappa shape index (κ3) is 6.35. The van der Waals surface area contributed by atoms with Crippen LogP contribution < -0.4 is 35.8 Å². The molecule has 0 spiro atoms. The quantitative estimate of drug-likeness (QED) is 0.148. The first-order chi connectivity index (χ1) is 34.0. The number of benzene rings is 10. The third-order valence-corrected chi connectivity index (χ3v) is 16.3. The maximum absolute atomic E-state index is 7.10. The summed E-state index contributed by atoms with van der Waals surface area (Å²) in [7, 11) is 0. The van der Waals surface area contributed by atoms with Crippen LogP contribution in [0.2, 0.25) is 0 Å². The highest BCUT2D eigenvalue weighted by Crippen LogP contribution is 2.48. The molecule has 7 heteroatoms. The lowest BCUT2D eigenvalue weighted by molar-refractivity contribution is 0.488. The zero-order valence-electron chi connectivity index (χ0n) is 37.9. The molecular formula is C62H42BN3OS2. The Hall–Kier alpha value is -8.10. The van der Waals surface area contributed by atoms with Gasteiger partial charge in [0.1, 0.15) is 11.5 Å². The fourth-order valence-electron chi connectivity index (χ4n) is 11.1. The van der Waals surface area contributed by atoms with Gasteiger partial charge in [0.05, 0.1) is 5.69 Å². The number of hydrogen-bond acceptors (Lipinski definition) is 6. The number of nitrogens with zero attached hydrogens (tertiary/aromatic N) is 3. The fraction of sp³-hybridized carbons (Fsp3) is 0.0323.